The molecule has 0 aliphatic carbocycles. The smallest absolute Gasteiger partial charge is 0.264 e. The Morgan fingerprint density at radius 3 is 2.26 bits per heavy atom. The van der Waals surface area contributed by atoms with Gasteiger partial charge in [-0.05, 0) is 63.2 Å². The van der Waals surface area contributed by atoms with Gasteiger partial charge in [0.2, 0.25) is 5.91 Å². The fraction of sp³-hybridized carbons (Fsp3) is 0.269. The summed E-state index contributed by atoms with van der Waals surface area (Å²) in [7, 11) is -2.45. The van der Waals surface area contributed by atoms with Gasteiger partial charge in [0.15, 0.2) is 0 Å². The van der Waals surface area contributed by atoms with Crippen LogP contribution in [0, 0.1) is 6.92 Å². The number of benzene rings is 3. The first-order valence-electron chi connectivity index (χ1n) is 11.0. The molecule has 1 N–H and O–H groups in total. The third-order valence-electron chi connectivity index (χ3n) is 5.31. The standard InChI is InChI=1S/C26H30N2O5S/c1-5-33-22-14-16-23(17-15-22)34(30,31)28(21-12-10-19(2)11-13-21)18-26(29)27-20(3)24-8-6-7-9-25(24)32-4/h6-17,20H,5,18H2,1-4H3,(H,27,29)/t20-/m1/s1. The number of nitrogens with one attached hydrogen (secondary N) is 1. The van der Waals surface area contributed by atoms with Gasteiger partial charge in [0.25, 0.3) is 10.0 Å². The summed E-state index contributed by atoms with van der Waals surface area (Å²) in [6.07, 6.45) is 0. The third kappa shape index (κ3) is 5.88. The Bertz CT molecular complexity index is 1210. The van der Waals surface area contributed by atoms with Crippen LogP contribution in [0.2, 0.25) is 0 Å². The molecule has 0 aromatic heterocycles. The number of hydrogen-bond donors (Lipinski definition) is 1. The molecule has 7 nitrogen and oxygen atoms in total. The summed E-state index contributed by atoms with van der Waals surface area (Å²) in [5, 5.41) is 2.89. The van der Waals surface area contributed by atoms with Gasteiger partial charge >= 0.3 is 0 Å². The van der Waals surface area contributed by atoms with Crippen molar-refractivity contribution in [1.29, 1.82) is 0 Å². The van der Waals surface area contributed by atoms with Crippen LogP contribution in [0.15, 0.2) is 77.7 Å². The van der Waals surface area contributed by atoms with Gasteiger partial charge in [0, 0.05) is 5.56 Å². The molecule has 3 aromatic rings. The second-order valence-corrected chi connectivity index (χ2v) is 9.65. The molecular formula is C26H30N2O5S. The second-order valence-electron chi connectivity index (χ2n) is 7.78. The van der Waals surface area contributed by atoms with Crippen LogP contribution in [-0.4, -0.2) is 34.6 Å². The molecule has 180 valence electrons. The molecule has 0 saturated heterocycles. The highest BCUT2D eigenvalue weighted by Crippen LogP contribution is 2.27. The van der Waals surface area contributed by atoms with Gasteiger partial charge in [-0.1, -0.05) is 35.9 Å². The minimum Gasteiger partial charge on any atom is -0.496 e. The number of nitrogens with zero attached hydrogens (tertiary/aromatic N) is 1. The second kappa shape index (κ2) is 11.1. The number of rotatable bonds is 10. The molecule has 0 spiro atoms. The molecule has 0 aliphatic rings. The predicted octanol–water partition coefficient (Wildman–Crippen LogP) is 4.48. The first kappa shape index (κ1) is 25.1. The Morgan fingerprint density at radius 2 is 1.65 bits per heavy atom. The predicted molar refractivity (Wildman–Crippen MR) is 133 cm³/mol. The molecule has 1 atom stereocenters. The van der Waals surface area contributed by atoms with E-state index in [0.29, 0.717) is 23.8 Å². The van der Waals surface area contributed by atoms with Gasteiger partial charge in [-0.2, -0.15) is 0 Å². The molecule has 34 heavy (non-hydrogen) atoms. The van der Waals surface area contributed by atoms with Crippen LogP contribution in [0.3, 0.4) is 0 Å². The van der Waals surface area contributed by atoms with E-state index in [1.807, 2.05) is 57.2 Å². The highest BCUT2D eigenvalue weighted by Gasteiger charge is 2.28. The van der Waals surface area contributed by atoms with Crippen molar-refractivity contribution in [3.63, 3.8) is 0 Å². The molecule has 0 radical (unpaired) electrons. The van der Waals surface area contributed by atoms with E-state index in [9.17, 15) is 13.2 Å². The van der Waals surface area contributed by atoms with Crippen molar-refractivity contribution in [3.8, 4) is 11.5 Å². The number of anilines is 1. The summed E-state index contributed by atoms with van der Waals surface area (Å²) in [6.45, 7) is 5.70. The summed E-state index contributed by atoms with van der Waals surface area (Å²) < 4.78 is 39.0. The SMILES string of the molecule is CCOc1ccc(S(=O)(=O)N(CC(=O)N[C@H](C)c2ccccc2OC)c2ccc(C)cc2)cc1. The molecular weight excluding hydrogens is 452 g/mol. The Morgan fingerprint density at radius 1 is 1.00 bits per heavy atom. The number of amides is 1. The maximum absolute atomic E-state index is 13.6. The summed E-state index contributed by atoms with van der Waals surface area (Å²) in [4.78, 5) is 13.1. The summed E-state index contributed by atoms with van der Waals surface area (Å²) in [5.41, 5.74) is 2.19. The van der Waals surface area contributed by atoms with E-state index < -0.39 is 15.9 Å². The topological polar surface area (TPSA) is 84.9 Å². The average molecular weight is 483 g/mol. The molecule has 8 heteroatoms. The van der Waals surface area contributed by atoms with Crippen LogP contribution in [0.4, 0.5) is 5.69 Å². The van der Waals surface area contributed by atoms with Crippen LogP contribution >= 0.6 is 0 Å². The van der Waals surface area contributed by atoms with Crippen LogP contribution in [0.5, 0.6) is 11.5 Å². The zero-order chi connectivity index (χ0) is 24.7. The minimum atomic E-state index is -4.01. The van der Waals surface area contributed by atoms with E-state index in [1.54, 1.807) is 31.4 Å². The van der Waals surface area contributed by atoms with Crippen LogP contribution in [0.25, 0.3) is 0 Å². The number of aryl methyl sites for hydroxylation is 1. The molecule has 0 fully saturated rings. The number of carbonyl (C=O) groups excluding carboxylic acids is 1. The number of methoxy groups -OCH3 is 1. The lowest BCUT2D eigenvalue weighted by molar-refractivity contribution is -0.120. The monoisotopic (exact) mass is 482 g/mol. The van der Waals surface area contributed by atoms with Crippen molar-refractivity contribution in [3.05, 3.63) is 83.9 Å². The molecule has 0 aliphatic heterocycles. The van der Waals surface area contributed by atoms with Crippen LogP contribution in [0.1, 0.15) is 31.0 Å². The molecule has 3 aromatic carbocycles. The Kier molecular flexibility index (Phi) is 8.17. The largest absolute Gasteiger partial charge is 0.496 e. The van der Waals surface area contributed by atoms with Gasteiger partial charge in [-0.25, -0.2) is 8.42 Å². The van der Waals surface area contributed by atoms with Gasteiger partial charge in [-0.15, -0.1) is 0 Å². The van der Waals surface area contributed by atoms with Gasteiger partial charge in [-0.3, -0.25) is 9.10 Å². The minimum absolute atomic E-state index is 0.0714. The van der Waals surface area contributed by atoms with E-state index >= 15 is 0 Å². The third-order valence-corrected chi connectivity index (χ3v) is 7.10. The highest BCUT2D eigenvalue weighted by molar-refractivity contribution is 7.92. The summed E-state index contributed by atoms with van der Waals surface area (Å²) in [5.74, 6) is 0.785. The zero-order valence-corrected chi connectivity index (χ0v) is 20.6. The first-order chi connectivity index (χ1) is 16.3. The maximum atomic E-state index is 13.6. The Hall–Kier alpha value is -3.52. The number of para-hydroxylation sites is 1. The number of carbonyl (C=O) groups is 1. The van der Waals surface area contributed by atoms with Crippen molar-refractivity contribution >= 4 is 21.6 Å². The van der Waals surface area contributed by atoms with E-state index in [1.165, 1.54) is 12.1 Å². The van der Waals surface area contributed by atoms with Crippen LogP contribution in [-0.2, 0) is 14.8 Å². The van der Waals surface area contributed by atoms with E-state index in [4.69, 9.17) is 9.47 Å². The number of sulfonamides is 1. The van der Waals surface area contributed by atoms with Crippen LogP contribution < -0.4 is 19.1 Å². The van der Waals surface area contributed by atoms with Gasteiger partial charge in [0.1, 0.15) is 18.0 Å². The molecule has 0 heterocycles. The Labute approximate surface area is 201 Å². The van der Waals surface area contributed by atoms with Crippen molar-refractivity contribution < 1.29 is 22.7 Å². The molecule has 1 amide bonds. The first-order valence-corrected chi connectivity index (χ1v) is 12.4. The van der Waals surface area contributed by atoms with Gasteiger partial charge < -0.3 is 14.8 Å². The molecule has 0 saturated carbocycles. The Balaban J connectivity index is 1.88. The van der Waals surface area contributed by atoms with E-state index in [-0.39, 0.29) is 17.5 Å². The highest BCUT2D eigenvalue weighted by atomic mass is 32.2. The average Bonchev–Trinajstić information content (AvgIpc) is 2.83. The van der Waals surface area contributed by atoms with Gasteiger partial charge in [0.05, 0.1) is 30.3 Å². The summed E-state index contributed by atoms with van der Waals surface area (Å²) >= 11 is 0. The lowest BCUT2D eigenvalue weighted by Crippen LogP contribution is -2.41. The van der Waals surface area contributed by atoms with E-state index in [0.717, 1.165) is 15.4 Å². The normalized spacial score (nSPS) is 12.0. The quantitative estimate of drug-likeness (QED) is 0.461. The number of ether oxygens (including phenoxy) is 2. The summed E-state index contributed by atoms with van der Waals surface area (Å²) in [6, 6.07) is 20.2. The van der Waals surface area contributed by atoms with Crippen molar-refractivity contribution in [1.82, 2.24) is 5.32 Å². The zero-order valence-electron chi connectivity index (χ0n) is 19.8. The number of hydrogen-bond acceptors (Lipinski definition) is 5. The maximum Gasteiger partial charge on any atom is 0.264 e. The lowest BCUT2D eigenvalue weighted by Gasteiger charge is -2.25. The lowest BCUT2D eigenvalue weighted by atomic mass is 10.1. The molecule has 3 rings (SSSR count). The van der Waals surface area contributed by atoms with Crippen molar-refractivity contribution in [2.75, 3.05) is 24.6 Å². The fourth-order valence-electron chi connectivity index (χ4n) is 3.55. The van der Waals surface area contributed by atoms with E-state index in [2.05, 4.69) is 5.32 Å². The molecule has 0 unspecified atom stereocenters. The fourth-order valence-corrected chi connectivity index (χ4v) is 4.97. The van der Waals surface area contributed by atoms with Crippen molar-refractivity contribution in [2.24, 2.45) is 0 Å². The molecule has 0 bridgehead atoms. The van der Waals surface area contributed by atoms with Crippen molar-refractivity contribution in [2.45, 2.75) is 31.7 Å².